The number of carboxylic acids is 1. The van der Waals surface area contributed by atoms with Gasteiger partial charge in [-0.2, -0.15) is 4.72 Å². The largest absolute Gasteiger partial charge is 0.480 e. The molecule has 0 bridgehead atoms. The van der Waals surface area contributed by atoms with E-state index in [-0.39, 0.29) is 0 Å². The van der Waals surface area contributed by atoms with Crippen LogP contribution in [0.15, 0.2) is 0 Å². The van der Waals surface area contributed by atoms with Gasteiger partial charge in [0.2, 0.25) is 10.0 Å². The Morgan fingerprint density at radius 1 is 1.44 bits per heavy atom. The van der Waals surface area contributed by atoms with Gasteiger partial charge in [0.1, 0.15) is 6.04 Å². The second kappa shape index (κ2) is 5.77. The first-order chi connectivity index (χ1) is 7.26. The third-order valence-corrected chi connectivity index (χ3v) is 3.52. The molecule has 0 radical (unpaired) electrons. The molecule has 0 aliphatic heterocycles. The highest BCUT2D eigenvalue weighted by atomic mass is 32.2. The molecule has 94 valence electrons. The van der Waals surface area contributed by atoms with E-state index in [1.54, 1.807) is 4.72 Å². The van der Waals surface area contributed by atoms with Crippen LogP contribution in [0.2, 0.25) is 0 Å². The standard InChI is InChI=1S/C7H13NO7S/c1-4(7(12)15-2)16(13,14)8-5(3-9)6(10)11/h4-5,8-9H,3H2,1-2H3,(H,10,11)/t4?,5-/m0/s1. The fraction of sp³-hybridized carbons (Fsp3) is 0.714. The first kappa shape index (κ1) is 14.8. The predicted molar refractivity (Wildman–Crippen MR) is 52.0 cm³/mol. The maximum absolute atomic E-state index is 11.4. The van der Waals surface area contributed by atoms with Gasteiger partial charge in [0.05, 0.1) is 13.7 Å². The van der Waals surface area contributed by atoms with Gasteiger partial charge in [-0.25, -0.2) is 8.42 Å². The van der Waals surface area contributed by atoms with Crippen molar-refractivity contribution in [3.8, 4) is 0 Å². The number of hydrogen-bond acceptors (Lipinski definition) is 6. The predicted octanol–water partition coefficient (Wildman–Crippen LogP) is -2.09. The SMILES string of the molecule is COC(=O)C(C)S(=O)(=O)N[C@@H](CO)C(=O)O. The van der Waals surface area contributed by atoms with Crippen LogP contribution in [-0.2, 0) is 24.3 Å². The van der Waals surface area contributed by atoms with E-state index >= 15 is 0 Å². The lowest BCUT2D eigenvalue weighted by molar-refractivity contribution is -0.141. The van der Waals surface area contributed by atoms with Crippen molar-refractivity contribution >= 4 is 22.0 Å². The first-order valence-electron chi connectivity index (χ1n) is 4.19. The number of ether oxygens (including phenoxy) is 1. The van der Waals surface area contributed by atoms with E-state index in [1.807, 2.05) is 0 Å². The van der Waals surface area contributed by atoms with Crippen molar-refractivity contribution in [3.05, 3.63) is 0 Å². The second-order valence-corrected chi connectivity index (χ2v) is 4.93. The minimum Gasteiger partial charge on any atom is -0.480 e. The van der Waals surface area contributed by atoms with Crippen molar-refractivity contribution in [3.63, 3.8) is 0 Å². The quantitative estimate of drug-likeness (QED) is 0.464. The van der Waals surface area contributed by atoms with E-state index < -0.39 is 39.9 Å². The number of sulfonamides is 1. The topological polar surface area (TPSA) is 130 Å². The molecular formula is C7H13NO7S. The summed E-state index contributed by atoms with van der Waals surface area (Å²) in [6.45, 7) is 0.132. The van der Waals surface area contributed by atoms with Gasteiger partial charge in [0.25, 0.3) is 0 Å². The number of methoxy groups -OCH3 is 1. The normalized spacial score (nSPS) is 15.2. The van der Waals surface area contributed by atoms with Crippen LogP contribution >= 0.6 is 0 Å². The van der Waals surface area contributed by atoms with Crippen LogP contribution in [0.25, 0.3) is 0 Å². The van der Waals surface area contributed by atoms with E-state index in [0.717, 1.165) is 14.0 Å². The zero-order valence-electron chi connectivity index (χ0n) is 8.71. The Balaban J connectivity index is 4.81. The summed E-state index contributed by atoms with van der Waals surface area (Å²) in [5.74, 6) is -2.56. The third-order valence-electron chi connectivity index (χ3n) is 1.79. The van der Waals surface area contributed by atoms with Crippen molar-refractivity contribution in [1.29, 1.82) is 0 Å². The Morgan fingerprint density at radius 3 is 2.25 bits per heavy atom. The summed E-state index contributed by atoms with van der Waals surface area (Å²) in [7, 11) is -3.18. The number of aliphatic carboxylic acids is 1. The zero-order valence-corrected chi connectivity index (χ0v) is 9.52. The lowest BCUT2D eigenvalue weighted by Crippen LogP contribution is -2.48. The van der Waals surface area contributed by atoms with Crippen LogP contribution < -0.4 is 4.72 Å². The van der Waals surface area contributed by atoms with Gasteiger partial charge in [0.15, 0.2) is 5.25 Å². The van der Waals surface area contributed by atoms with E-state index in [4.69, 9.17) is 10.2 Å². The lowest BCUT2D eigenvalue weighted by atomic mass is 10.3. The lowest BCUT2D eigenvalue weighted by Gasteiger charge is -2.15. The monoisotopic (exact) mass is 255 g/mol. The number of esters is 1. The highest BCUT2D eigenvalue weighted by molar-refractivity contribution is 7.90. The van der Waals surface area contributed by atoms with Crippen molar-refractivity contribution in [2.24, 2.45) is 0 Å². The van der Waals surface area contributed by atoms with Crippen molar-refractivity contribution in [2.75, 3.05) is 13.7 Å². The minimum absolute atomic E-state index is 0.914. The van der Waals surface area contributed by atoms with Crippen LogP contribution in [0.1, 0.15) is 6.92 Å². The summed E-state index contributed by atoms with van der Waals surface area (Å²) in [5.41, 5.74) is 0. The number of rotatable bonds is 6. The van der Waals surface area contributed by atoms with Crippen LogP contribution in [0.4, 0.5) is 0 Å². The smallest absolute Gasteiger partial charge is 0.325 e. The third kappa shape index (κ3) is 3.76. The van der Waals surface area contributed by atoms with Crippen LogP contribution in [0, 0.1) is 0 Å². The summed E-state index contributed by atoms with van der Waals surface area (Å²) in [5, 5.41) is 15.6. The van der Waals surface area contributed by atoms with Gasteiger partial charge >= 0.3 is 11.9 Å². The van der Waals surface area contributed by atoms with E-state index in [2.05, 4.69) is 4.74 Å². The fourth-order valence-corrected chi connectivity index (χ4v) is 1.88. The molecule has 8 nitrogen and oxygen atoms in total. The Hall–Kier alpha value is -1.19. The molecule has 0 amide bonds. The Labute approximate surface area is 92.3 Å². The number of carbonyl (C=O) groups excluding carboxylic acids is 1. The molecular weight excluding hydrogens is 242 g/mol. The summed E-state index contributed by atoms with van der Waals surface area (Å²) >= 11 is 0. The molecule has 0 aromatic carbocycles. The number of aliphatic hydroxyl groups excluding tert-OH is 1. The second-order valence-electron chi connectivity index (χ2n) is 2.90. The molecule has 0 saturated carbocycles. The Kier molecular flexibility index (Phi) is 5.35. The summed E-state index contributed by atoms with van der Waals surface area (Å²) in [6.07, 6.45) is 0. The highest BCUT2D eigenvalue weighted by Crippen LogP contribution is 2.02. The van der Waals surface area contributed by atoms with E-state index in [9.17, 15) is 18.0 Å². The molecule has 0 aliphatic carbocycles. The number of hydrogen-bond donors (Lipinski definition) is 3. The number of aliphatic hydroxyl groups is 1. The van der Waals surface area contributed by atoms with Gasteiger partial charge in [-0.15, -0.1) is 0 Å². The van der Waals surface area contributed by atoms with Crippen molar-refractivity contribution in [1.82, 2.24) is 4.72 Å². The molecule has 0 aromatic heterocycles. The number of carboxylic acid groups (broad SMARTS) is 1. The minimum atomic E-state index is -4.19. The van der Waals surface area contributed by atoms with Gasteiger partial charge in [-0.1, -0.05) is 0 Å². The molecule has 16 heavy (non-hydrogen) atoms. The maximum atomic E-state index is 11.4. The molecule has 3 N–H and O–H groups in total. The van der Waals surface area contributed by atoms with E-state index in [0.29, 0.717) is 0 Å². The molecule has 2 atom stereocenters. The number of carbonyl (C=O) groups is 2. The maximum Gasteiger partial charge on any atom is 0.325 e. The van der Waals surface area contributed by atoms with Crippen LogP contribution in [0.3, 0.4) is 0 Å². The summed E-state index contributed by atoms with van der Waals surface area (Å²) < 4.78 is 28.7. The summed E-state index contributed by atoms with van der Waals surface area (Å²) in [4.78, 5) is 21.4. The van der Waals surface area contributed by atoms with E-state index in [1.165, 1.54) is 0 Å². The Morgan fingerprint density at radius 2 is 1.94 bits per heavy atom. The number of nitrogens with one attached hydrogen (secondary N) is 1. The molecule has 1 unspecified atom stereocenters. The molecule has 0 rings (SSSR count). The highest BCUT2D eigenvalue weighted by Gasteiger charge is 2.32. The van der Waals surface area contributed by atoms with Gasteiger partial charge < -0.3 is 14.9 Å². The molecule has 9 heteroatoms. The van der Waals surface area contributed by atoms with Crippen molar-refractivity contribution in [2.45, 2.75) is 18.2 Å². The molecule has 0 heterocycles. The molecule has 0 aliphatic rings. The van der Waals surface area contributed by atoms with Gasteiger partial charge in [0, 0.05) is 0 Å². The van der Waals surface area contributed by atoms with Gasteiger partial charge in [-0.05, 0) is 6.92 Å². The average molecular weight is 255 g/mol. The fourth-order valence-electron chi connectivity index (χ4n) is 0.759. The first-order valence-corrected chi connectivity index (χ1v) is 5.73. The van der Waals surface area contributed by atoms with Crippen LogP contribution in [-0.4, -0.2) is 55.6 Å². The van der Waals surface area contributed by atoms with Crippen LogP contribution in [0.5, 0.6) is 0 Å². The summed E-state index contributed by atoms with van der Waals surface area (Å²) in [6, 6.07) is -1.68. The molecule has 0 fully saturated rings. The van der Waals surface area contributed by atoms with Crippen molar-refractivity contribution < 1.29 is 33.0 Å². The molecule has 0 aromatic rings. The molecule has 0 spiro atoms. The molecule has 0 saturated heterocycles. The van der Waals surface area contributed by atoms with Gasteiger partial charge in [-0.3, -0.25) is 9.59 Å². The average Bonchev–Trinajstić information content (AvgIpc) is 2.23. The Bertz CT molecular complexity index is 363. The zero-order chi connectivity index (χ0) is 12.9.